The van der Waals surface area contributed by atoms with Gasteiger partial charge in [0.25, 0.3) is 0 Å². The lowest BCUT2D eigenvalue weighted by molar-refractivity contribution is -0.253. The molecule has 0 bridgehead atoms. The van der Waals surface area contributed by atoms with Crippen LogP contribution in [0, 0.1) is 17.2 Å². The van der Waals surface area contributed by atoms with Gasteiger partial charge in [0.1, 0.15) is 33.2 Å². The molecule has 14 heteroatoms. The first-order valence-corrected chi connectivity index (χ1v) is 17.8. The van der Waals surface area contributed by atoms with Gasteiger partial charge in [-0.2, -0.15) is 22.7 Å². The number of rotatable bonds is 14. The van der Waals surface area contributed by atoms with Crippen molar-refractivity contribution < 1.29 is 35.6 Å². The zero-order valence-corrected chi connectivity index (χ0v) is 30.2. The Labute approximate surface area is 312 Å². The first kappa shape index (κ1) is 40.0. The van der Waals surface area contributed by atoms with E-state index in [1.165, 1.54) is 12.1 Å². The van der Waals surface area contributed by atoms with Gasteiger partial charge >= 0.3 is 12.5 Å². The van der Waals surface area contributed by atoms with Crippen LogP contribution in [0.2, 0.25) is 0 Å². The normalized spacial score (nSPS) is 14.3. The molecule has 0 aliphatic carbocycles. The van der Waals surface area contributed by atoms with Gasteiger partial charge in [-0.1, -0.05) is 103 Å². The van der Waals surface area contributed by atoms with Gasteiger partial charge in [-0.3, -0.25) is 5.43 Å². The first-order chi connectivity index (χ1) is 25.6. The van der Waals surface area contributed by atoms with Gasteiger partial charge in [0, 0.05) is 23.8 Å². The highest BCUT2D eigenvalue weighted by atomic mass is 32.2. The fraction of sp³-hybridized carbons (Fsp3) is 0.225. The topological polar surface area (TPSA) is 105 Å². The minimum atomic E-state index is -4.99. The van der Waals surface area contributed by atoms with Crippen LogP contribution < -0.4 is 14.9 Å². The van der Waals surface area contributed by atoms with Crippen LogP contribution >= 0.6 is 0 Å². The molecule has 0 amide bonds. The zero-order chi connectivity index (χ0) is 39.1. The van der Waals surface area contributed by atoms with E-state index in [4.69, 9.17) is 5.53 Å². The molecule has 3 N–H and O–H groups in total. The molecule has 0 aliphatic heterocycles. The Balaban J connectivity index is 1.76. The molecule has 0 aromatic heterocycles. The zero-order valence-electron chi connectivity index (χ0n) is 29.4. The highest BCUT2D eigenvalue weighted by Gasteiger charge is 2.47. The second kappa shape index (κ2) is 16.5. The van der Waals surface area contributed by atoms with Crippen molar-refractivity contribution >= 4 is 17.2 Å². The number of hydrazone groups is 1. The predicted molar refractivity (Wildman–Crippen MR) is 196 cm³/mol. The largest absolute Gasteiger partial charge is 0.598 e. The maximum Gasteiger partial charge on any atom is 0.461 e. The van der Waals surface area contributed by atoms with Crippen LogP contribution in [-0.2, 0) is 22.4 Å². The van der Waals surface area contributed by atoms with Crippen LogP contribution in [0.25, 0.3) is 0 Å². The van der Waals surface area contributed by atoms with E-state index in [9.17, 15) is 26.5 Å². The van der Waals surface area contributed by atoms with E-state index < -0.39 is 63.5 Å². The molecule has 0 fully saturated rings. The van der Waals surface area contributed by atoms with Crippen LogP contribution in [0.5, 0.6) is 5.75 Å². The number of benzene rings is 5. The Morgan fingerprint density at radius 1 is 0.722 bits per heavy atom. The van der Waals surface area contributed by atoms with E-state index in [1.807, 2.05) is 91.0 Å². The first-order valence-electron chi connectivity index (χ1n) is 16.6. The summed E-state index contributed by atoms with van der Waals surface area (Å²) in [5, 5.41) is 8.35. The van der Waals surface area contributed by atoms with Crippen LogP contribution in [0.15, 0.2) is 144 Å². The van der Waals surface area contributed by atoms with E-state index in [1.54, 1.807) is 20.8 Å². The van der Waals surface area contributed by atoms with Crippen LogP contribution in [0.1, 0.15) is 55.0 Å². The van der Waals surface area contributed by atoms with Gasteiger partial charge in [0.05, 0.1) is 0 Å². The second-order valence-corrected chi connectivity index (χ2v) is 15.3. The molecular weight excluding hydrogens is 729 g/mol. The van der Waals surface area contributed by atoms with Gasteiger partial charge in [-0.05, 0) is 72.9 Å². The van der Waals surface area contributed by atoms with Crippen molar-refractivity contribution in [2.24, 2.45) is 10.2 Å². The molecule has 5 aromatic carbocycles. The number of hydrogen-bond donors (Lipinski definition) is 3. The quantitative estimate of drug-likeness (QED) is 0.0199. The average molecular weight is 766 g/mol. The molecule has 0 saturated carbocycles. The van der Waals surface area contributed by atoms with E-state index >= 15 is 4.39 Å². The van der Waals surface area contributed by atoms with E-state index in [0.717, 1.165) is 41.0 Å². The van der Waals surface area contributed by atoms with Crippen molar-refractivity contribution in [2.75, 3.05) is 0 Å². The molecule has 282 valence electrons. The molecule has 0 saturated heterocycles. The Bertz CT molecular complexity index is 1940. The second-order valence-electron chi connectivity index (χ2n) is 13.3. The molecular formula is C40H37F6N5O2S. The number of alkyl halides is 4. The van der Waals surface area contributed by atoms with Gasteiger partial charge in [0.15, 0.2) is 5.84 Å². The van der Waals surface area contributed by atoms with Crippen LogP contribution in [0.3, 0.4) is 0 Å². The predicted octanol–water partition coefficient (Wildman–Crippen LogP) is 9.81. The molecule has 54 heavy (non-hydrogen) atoms. The highest BCUT2D eigenvalue weighted by molar-refractivity contribution is 7.90. The maximum absolute atomic E-state index is 15.4. The Kier molecular flexibility index (Phi) is 12.2. The third kappa shape index (κ3) is 8.78. The van der Waals surface area contributed by atoms with Crippen molar-refractivity contribution in [3.05, 3.63) is 173 Å². The van der Waals surface area contributed by atoms with Crippen molar-refractivity contribution in [1.29, 1.82) is 5.53 Å². The fourth-order valence-electron chi connectivity index (χ4n) is 5.89. The van der Waals surface area contributed by atoms with Crippen molar-refractivity contribution in [3.63, 3.8) is 0 Å². The number of nitrogens with zero attached hydrogens (tertiary/aromatic N) is 2. The van der Waals surface area contributed by atoms with Gasteiger partial charge in [-0.15, -0.1) is 9.84 Å². The monoisotopic (exact) mass is 765 g/mol. The summed E-state index contributed by atoms with van der Waals surface area (Å²) < 4.78 is 105. The van der Waals surface area contributed by atoms with E-state index in [2.05, 4.69) is 25.1 Å². The molecule has 0 spiro atoms. The summed E-state index contributed by atoms with van der Waals surface area (Å²) in [7, 11) is 0. The molecule has 0 heterocycles. The molecule has 2 atom stereocenters. The molecule has 0 radical (unpaired) electrons. The van der Waals surface area contributed by atoms with Crippen LogP contribution in [-0.4, -0.2) is 27.7 Å². The van der Waals surface area contributed by atoms with Crippen molar-refractivity contribution in [1.82, 2.24) is 10.1 Å². The Morgan fingerprint density at radius 2 is 1.22 bits per heavy atom. The smallest absolute Gasteiger partial charge is 0.461 e. The average Bonchev–Trinajstić information content (AvgIpc) is 3.15. The Hall–Kier alpha value is -5.18. The summed E-state index contributed by atoms with van der Waals surface area (Å²) in [5.74, 6) is -3.07. The fourth-order valence-corrected chi connectivity index (χ4v) is 6.82. The number of amidine groups is 1. The van der Waals surface area contributed by atoms with Gasteiger partial charge in [0.2, 0.25) is 0 Å². The van der Waals surface area contributed by atoms with Gasteiger partial charge in [-0.25, -0.2) is 14.3 Å². The summed E-state index contributed by atoms with van der Waals surface area (Å²) >= 11 is -2.03. The minimum Gasteiger partial charge on any atom is -0.598 e. The third-order valence-electron chi connectivity index (χ3n) is 8.56. The van der Waals surface area contributed by atoms with Crippen molar-refractivity contribution in [2.45, 2.75) is 55.6 Å². The number of hydrogen-bond acceptors (Lipinski definition) is 6. The summed E-state index contributed by atoms with van der Waals surface area (Å²) in [6, 6.07) is 35.0. The SMILES string of the molecule is CC(C)(C)[S+]([O-])N[C@](C/C(N=N)=N/NC(c1ccccc1)(c1ccccc1)c1ccccc1)(c1ccc(F)cc1)c1cc(F)cc(OC(F)(F)C(F)F)c1. The summed E-state index contributed by atoms with van der Waals surface area (Å²) in [6.45, 7) is 4.90. The minimum absolute atomic E-state index is 0.121. The lowest BCUT2D eigenvalue weighted by atomic mass is 9.77. The molecule has 0 aliphatic rings. The van der Waals surface area contributed by atoms with Crippen molar-refractivity contribution in [3.8, 4) is 5.75 Å². The summed E-state index contributed by atoms with van der Waals surface area (Å²) in [4.78, 5) is 0. The molecule has 5 rings (SSSR count). The lowest BCUT2D eigenvalue weighted by Gasteiger charge is -2.39. The lowest BCUT2D eigenvalue weighted by Crippen LogP contribution is -2.53. The molecule has 5 aromatic rings. The summed E-state index contributed by atoms with van der Waals surface area (Å²) in [5.41, 5.74) is 10.5. The van der Waals surface area contributed by atoms with Gasteiger partial charge < -0.3 is 9.29 Å². The number of nitrogens with one attached hydrogen (secondary N) is 3. The standard InChI is InChI=1S/C40H37F6N5O2S/c1-37(2,3)54(52)51-38(27-19-21-32(41)22-20-27,31-23-33(42)25-34(24-31)53-40(45,46)36(43)44)26-35(48-47)49-50-39(28-13-7-4-8-14-28,29-15-9-5-10-16-29)30-17-11-6-12-18-30/h4-25,36,47,50-51H,26H2,1-3H3/b48-47?,49-35-/t38-,54?/m1/s1. The third-order valence-corrected chi connectivity index (χ3v) is 10.2. The molecule has 1 unspecified atom stereocenters. The Morgan fingerprint density at radius 3 is 1.67 bits per heavy atom. The van der Waals surface area contributed by atoms with E-state index in [-0.39, 0.29) is 17.0 Å². The van der Waals surface area contributed by atoms with Crippen LogP contribution in [0.4, 0.5) is 26.3 Å². The molecule has 7 nitrogen and oxygen atoms in total. The van der Waals surface area contributed by atoms with E-state index in [0.29, 0.717) is 6.07 Å². The highest BCUT2D eigenvalue weighted by Crippen LogP contribution is 2.41. The number of halogens is 6. The summed E-state index contributed by atoms with van der Waals surface area (Å²) in [6.07, 6.45) is -9.77. The number of ether oxygens (including phenoxy) is 1. The maximum atomic E-state index is 15.4.